The smallest absolute Gasteiger partial charge is 0.243 e. The topological polar surface area (TPSA) is 98.2 Å². The van der Waals surface area contributed by atoms with E-state index >= 15 is 0 Å². The van der Waals surface area contributed by atoms with E-state index in [2.05, 4.69) is 5.32 Å². The third-order valence-electron chi connectivity index (χ3n) is 2.95. The molecule has 2 amide bonds. The molecule has 0 aliphatic heterocycles. The van der Waals surface area contributed by atoms with E-state index in [0.717, 1.165) is 19.3 Å². The van der Waals surface area contributed by atoms with Crippen LogP contribution in [-0.4, -0.2) is 23.4 Å². The van der Waals surface area contributed by atoms with Crippen LogP contribution in [0.25, 0.3) is 0 Å². The van der Waals surface area contributed by atoms with Gasteiger partial charge in [-0.3, -0.25) is 9.59 Å². The summed E-state index contributed by atoms with van der Waals surface area (Å²) in [5, 5.41) is 2.69. The minimum absolute atomic E-state index is 0.310. The van der Waals surface area contributed by atoms with Crippen molar-refractivity contribution in [2.75, 3.05) is 0 Å². The van der Waals surface area contributed by atoms with Gasteiger partial charge in [0.25, 0.3) is 0 Å². The molecule has 1 fully saturated rings. The van der Waals surface area contributed by atoms with Crippen LogP contribution < -0.4 is 16.8 Å². The summed E-state index contributed by atoms with van der Waals surface area (Å²) in [7, 11) is 0. The Morgan fingerprint density at radius 3 is 2.20 bits per heavy atom. The quantitative estimate of drug-likeness (QED) is 0.597. The molecule has 86 valence electrons. The van der Waals surface area contributed by atoms with Gasteiger partial charge < -0.3 is 16.8 Å². The Balaban J connectivity index is 2.73. The molecular weight excluding hydrogens is 194 g/mol. The van der Waals surface area contributed by atoms with E-state index in [-0.39, 0.29) is 5.91 Å². The van der Waals surface area contributed by atoms with E-state index in [1.807, 2.05) is 0 Å². The van der Waals surface area contributed by atoms with Gasteiger partial charge in [0.2, 0.25) is 11.8 Å². The van der Waals surface area contributed by atoms with Gasteiger partial charge in [0.05, 0.1) is 6.04 Å². The number of hydrogen-bond acceptors (Lipinski definition) is 3. The van der Waals surface area contributed by atoms with E-state index in [9.17, 15) is 9.59 Å². The second kappa shape index (κ2) is 4.61. The van der Waals surface area contributed by atoms with Gasteiger partial charge >= 0.3 is 0 Å². The van der Waals surface area contributed by atoms with Crippen LogP contribution in [-0.2, 0) is 9.59 Å². The SMILES string of the molecule is C[C@@H](N)C(=O)NC1(C(N)=O)CCCCC1. The Bertz CT molecular complexity index is 257. The molecule has 0 heterocycles. The molecule has 0 unspecified atom stereocenters. The van der Waals surface area contributed by atoms with Gasteiger partial charge in [0.1, 0.15) is 5.54 Å². The Morgan fingerprint density at radius 1 is 1.27 bits per heavy atom. The Labute approximate surface area is 89.6 Å². The molecule has 5 heteroatoms. The summed E-state index contributed by atoms with van der Waals surface area (Å²) < 4.78 is 0. The molecule has 5 N–H and O–H groups in total. The van der Waals surface area contributed by atoms with Crippen molar-refractivity contribution in [2.45, 2.75) is 50.6 Å². The average molecular weight is 213 g/mol. The normalized spacial score (nSPS) is 21.7. The monoisotopic (exact) mass is 213 g/mol. The number of hydrogen-bond donors (Lipinski definition) is 3. The minimum atomic E-state index is -0.858. The number of carbonyl (C=O) groups excluding carboxylic acids is 2. The standard InChI is InChI=1S/C10H19N3O2/c1-7(11)8(14)13-10(9(12)15)5-3-2-4-6-10/h7H,2-6,11H2,1H3,(H2,12,15)(H,13,14)/t7-/m1/s1. The van der Waals surface area contributed by atoms with Crippen molar-refractivity contribution in [1.29, 1.82) is 0 Å². The van der Waals surface area contributed by atoms with E-state index in [1.54, 1.807) is 6.92 Å². The third kappa shape index (κ3) is 2.68. The van der Waals surface area contributed by atoms with Crippen molar-refractivity contribution in [3.05, 3.63) is 0 Å². The molecule has 0 bridgehead atoms. The molecule has 0 spiro atoms. The van der Waals surface area contributed by atoms with Crippen molar-refractivity contribution in [3.8, 4) is 0 Å². The van der Waals surface area contributed by atoms with Crippen molar-refractivity contribution in [3.63, 3.8) is 0 Å². The van der Waals surface area contributed by atoms with Gasteiger partial charge in [-0.05, 0) is 19.8 Å². The summed E-state index contributed by atoms with van der Waals surface area (Å²) >= 11 is 0. The van der Waals surface area contributed by atoms with Crippen molar-refractivity contribution in [2.24, 2.45) is 11.5 Å². The predicted molar refractivity (Wildman–Crippen MR) is 56.8 cm³/mol. The summed E-state index contributed by atoms with van der Waals surface area (Å²) in [4.78, 5) is 22.9. The maximum Gasteiger partial charge on any atom is 0.243 e. The lowest BCUT2D eigenvalue weighted by atomic mass is 9.81. The number of rotatable bonds is 3. The molecule has 0 saturated heterocycles. The molecule has 1 atom stereocenters. The molecule has 1 saturated carbocycles. The molecule has 0 aromatic carbocycles. The second-order valence-corrected chi connectivity index (χ2v) is 4.28. The molecule has 0 aromatic rings. The highest BCUT2D eigenvalue weighted by atomic mass is 16.2. The van der Waals surface area contributed by atoms with E-state index < -0.39 is 17.5 Å². The zero-order valence-electron chi connectivity index (χ0n) is 9.08. The van der Waals surface area contributed by atoms with E-state index in [1.165, 1.54) is 0 Å². The maximum atomic E-state index is 11.5. The van der Waals surface area contributed by atoms with Crippen LogP contribution in [0.15, 0.2) is 0 Å². The van der Waals surface area contributed by atoms with Gasteiger partial charge in [-0.15, -0.1) is 0 Å². The van der Waals surface area contributed by atoms with Crippen molar-refractivity contribution in [1.82, 2.24) is 5.32 Å². The fourth-order valence-corrected chi connectivity index (χ4v) is 1.94. The molecule has 1 aliphatic carbocycles. The van der Waals surface area contributed by atoms with Crippen LogP contribution in [0.2, 0.25) is 0 Å². The first-order valence-electron chi connectivity index (χ1n) is 5.35. The number of nitrogens with two attached hydrogens (primary N) is 2. The van der Waals surface area contributed by atoms with Crippen LogP contribution >= 0.6 is 0 Å². The van der Waals surface area contributed by atoms with Crippen molar-refractivity contribution >= 4 is 11.8 Å². The first-order valence-corrected chi connectivity index (χ1v) is 5.35. The van der Waals surface area contributed by atoms with Crippen LogP contribution in [0.3, 0.4) is 0 Å². The van der Waals surface area contributed by atoms with Crippen LogP contribution in [0.4, 0.5) is 0 Å². The van der Waals surface area contributed by atoms with Gasteiger partial charge in [-0.1, -0.05) is 19.3 Å². The third-order valence-corrected chi connectivity index (χ3v) is 2.95. The van der Waals surface area contributed by atoms with Gasteiger partial charge in [-0.25, -0.2) is 0 Å². The fourth-order valence-electron chi connectivity index (χ4n) is 1.94. The van der Waals surface area contributed by atoms with Gasteiger partial charge in [0, 0.05) is 0 Å². The highest BCUT2D eigenvalue weighted by Gasteiger charge is 2.39. The maximum absolute atomic E-state index is 11.5. The predicted octanol–water partition coefficient (Wildman–Crippen LogP) is -0.362. The lowest BCUT2D eigenvalue weighted by Crippen LogP contribution is -2.60. The molecule has 0 radical (unpaired) electrons. The summed E-state index contributed by atoms with van der Waals surface area (Å²) in [5.74, 6) is -0.757. The van der Waals surface area contributed by atoms with Crippen LogP contribution in [0.1, 0.15) is 39.0 Å². The lowest BCUT2D eigenvalue weighted by molar-refractivity contribution is -0.133. The lowest BCUT2D eigenvalue weighted by Gasteiger charge is -2.35. The Morgan fingerprint density at radius 2 is 1.80 bits per heavy atom. The number of carbonyl (C=O) groups is 2. The fraction of sp³-hybridized carbons (Fsp3) is 0.800. The molecule has 1 aliphatic rings. The van der Waals surface area contributed by atoms with E-state index in [0.29, 0.717) is 12.8 Å². The molecule has 5 nitrogen and oxygen atoms in total. The summed E-state index contributed by atoms with van der Waals surface area (Å²) in [5.41, 5.74) is 9.95. The average Bonchev–Trinajstić information content (AvgIpc) is 2.18. The Kier molecular flexibility index (Phi) is 3.68. The second-order valence-electron chi connectivity index (χ2n) is 4.28. The number of amides is 2. The Hall–Kier alpha value is -1.10. The summed E-state index contributed by atoms with van der Waals surface area (Å²) in [6.07, 6.45) is 4.18. The highest BCUT2D eigenvalue weighted by molar-refractivity contribution is 5.92. The van der Waals surface area contributed by atoms with E-state index in [4.69, 9.17) is 11.5 Å². The summed E-state index contributed by atoms with van der Waals surface area (Å²) in [6, 6.07) is -0.608. The van der Waals surface area contributed by atoms with Crippen LogP contribution in [0.5, 0.6) is 0 Å². The largest absolute Gasteiger partial charge is 0.368 e. The highest BCUT2D eigenvalue weighted by Crippen LogP contribution is 2.27. The molecule has 15 heavy (non-hydrogen) atoms. The van der Waals surface area contributed by atoms with Crippen molar-refractivity contribution < 1.29 is 9.59 Å². The van der Waals surface area contributed by atoms with Gasteiger partial charge in [-0.2, -0.15) is 0 Å². The summed E-state index contributed by atoms with van der Waals surface area (Å²) in [6.45, 7) is 1.59. The van der Waals surface area contributed by atoms with Gasteiger partial charge in [0.15, 0.2) is 0 Å². The first-order chi connectivity index (χ1) is 6.98. The number of primary amides is 1. The first kappa shape index (κ1) is 12.0. The molecular formula is C10H19N3O2. The minimum Gasteiger partial charge on any atom is -0.368 e. The zero-order chi connectivity index (χ0) is 11.5. The van der Waals surface area contributed by atoms with Crippen LogP contribution in [0, 0.1) is 0 Å². The molecule has 0 aromatic heterocycles. The zero-order valence-corrected chi connectivity index (χ0v) is 9.08. The number of nitrogens with one attached hydrogen (secondary N) is 1. The molecule has 1 rings (SSSR count).